The fraction of sp³-hybridized carbons (Fsp3) is 0.545. The zero-order chi connectivity index (χ0) is 10.8. The summed E-state index contributed by atoms with van der Waals surface area (Å²) in [4.78, 5) is 4.65. The molecule has 1 aliphatic carbocycles. The van der Waals surface area contributed by atoms with E-state index in [-0.39, 0.29) is 11.6 Å². The zero-order valence-electron chi connectivity index (χ0n) is 9.11. The van der Waals surface area contributed by atoms with Gasteiger partial charge in [0.2, 0.25) is 0 Å². The van der Waals surface area contributed by atoms with E-state index in [4.69, 9.17) is 3.24 Å². The summed E-state index contributed by atoms with van der Waals surface area (Å²) in [7, 11) is 0. The first kappa shape index (κ1) is 11.9. The molecule has 0 radical (unpaired) electrons. The van der Waals surface area contributed by atoms with Crippen LogP contribution in [0.15, 0.2) is 28.8 Å². The van der Waals surface area contributed by atoms with E-state index in [0.717, 1.165) is 5.71 Å². The summed E-state index contributed by atoms with van der Waals surface area (Å²) in [5.74, 6) is 0. The molecule has 0 aromatic heterocycles. The fourth-order valence-corrected chi connectivity index (χ4v) is 1.57. The molecule has 1 unspecified atom stereocenters. The second-order valence-corrected chi connectivity index (χ2v) is 4.91. The summed E-state index contributed by atoms with van der Waals surface area (Å²) in [6.07, 6.45) is 6.29. The quantitative estimate of drug-likeness (QED) is 0.707. The number of hydrogen-bond acceptors (Lipinski definition) is 2. The summed E-state index contributed by atoms with van der Waals surface area (Å²) < 4.78 is 5.34. The number of hydrogen-bond donors (Lipinski definition) is 0. The van der Waals surface area contributed by atoms with Gasteiger partial charge in [-0.1, -0.05) is 0 Å². The van der Waals surface area contributed by atoms with Crippen molar-refractivity contribution in [3.63, 3.8) is 0 Å². The molecule has 1 aliphatic rings. The van der Waals surface area contributed by atoms with Gasteiger partial charge in [-0.05, 0) is 0 Å². The van der Waals surface area contributed by atoms with Gasteiger partial charge in [0.05, 0.1) is 0 Å². The van der Waals surface area contributed by atoms with Gasteiger partial charge in [0.25, 0.3) is 0 Å². The van der Waals surface area contributed by atoms with Gasteiger partial charge in [0, 0.05) is 0 Å². The Hall–Kier alpha value is -0.150. The molecule has 76 valence electrons. The first-order chi connectivity index (χ1) is 6.44. The van der Waals surface area contributed by atoms with Crippen LogP contribution in [-0.2, 0) is 24.7 Å². The Morgan fingerprint density at radius 2 is 2.07 bits per heavy atom. The zero-order valence-corrected chi connectivity index (χ0v) is 11.3. The van der Waals surface area contributed by atoms with E-state index >= 15 is 0 Å². The van der Waals surface area contributed by atoms with E-state index < -0.39 is 0 Å². The van der Waals surface area contributed by atoms with Crippen molar-refractivity contribution in [2.75, 3.05) is 0 Å². The van der Waals surface area contributed by atoms with Crippen LogP contribution in [0.1, 0.15) is 27.7 Å². The molecule has 0 aliphatic heterocycles. The summed E-state index contributed by atoms with van der Waals surface area (Å²) in [5, 5.41) is 0. The normalized spacial score (nSPS) is 21.4. The molecule has 14 heavy (non-hydrogen) atoms. The third kappa shape index (κ3) is 3.21. The van der Waals surface area contributed by atoms with Gasteiger partial charge < -0.3 is 0 Å². The SMILES string of the molecule is CC([O][Nb])C1=CC=CC1=NC(C)(C)C. The Morgan fingerprint density at radius 3 is 2.57 bits per heavy atom. The molecule has 0 heterocycles. The molecule has 1 atom stereocenters. The third-order valence-electron chi connectivity index (χ3n) is 1.88. The second kappa shape index (κ2) is 4.58. The third-order valence-corrected chi connectivity index (χ3v) is 2.65. The fourth-order valence-electron chi connectivity index (χ4n) is 1.29. The molecular weight excluding hydrogens is 255 g/mol. The van der Waals surface area contributed by atoms with Crippen molar-refractivity contribution in [2.24, 2.45) is 4.99 Å². The molecule has 0 saturated heterocycles. The van der Waals surface area contributed by atoms with Crippen LogP contribution >= 0.6 is 0 Å². The summed E-state index contributed by atoms with van der Waals surface area (Å²) in [6.45, 7) is 8.36. The van der Waals surface area contributed by atoms with E-state index in [1.165, 1.54) is 27.0 Å². The van der Waals surface area contributed by atoms with Crippen LogP contribution in [0.4, 0.5) is 0 Å². The monoisotopic (exact) mass is 271 g/mol. The Labute approximate surface area is 98.5 Å². The van der Waals surface area contributed by atoms with Crippen LogP contribution < -0.4 is 0 Å². The van der Waals surface area contributed by atoms with Crippen molar-refractivity contribution in [1.82, 2.24) is 0 Å². The van der Waals surface area contributed by atoms with E-state index in [1.807, 2.05) is 12.2 Å². The molecule has 3 heteroatoms. The first-order valence-corrected chi connectivity index (χ1v) is 5.62. The van der Waals surface area contributed by atoms with Crippen LogP contribution in [0.25, 0.3) is 0 Å². The molecule has 0 spiro atoms. The number of allylic oxidation sites excluding steroid dienone is 3. The molecule has 0 aromatic rings. The Balaban J connectivity index is 2.87. The summed E-state index contributed by atoms with van der Waals surface area (Å²) in [6, 6.07) is 0. The molecule has 0 N–H and O–H groups in total. The number of aliphatic imine (C=N–C) groups is 1. The van der Waals surface area contributed by atoms with Crippen molar-refractivity contribution in [2.45, 2.75) is 39.3 Å². The molecule has 2 nitrogen and oxygen atoms in total. The van der Waals surface area contributed by atoms with Crippen LogP contribution in [-0.4, -0.2) is 17.4 Å². The van der Waals surface area contributed by atoms with Gasteiger partial charge in [-0.2, -0.15) is 0 Å². The van der Waals surface area contributed by atoms with Crippen molar-refractivity contribution < 1.29 is 24.7 Å². The summed E-state index contributed by atoms with van der Waals surface area (Å²) >= 11 is 1.38. The molecular formula is C11H16NNbO. The van der Waals surface area contributed by atoms with Crippen molar-refractivity contribution in [1.29, 1.82) is 0 Å². The van der Waals surface area contributed by atoms with E-state index in [2.05, 4.69) is 38.8 Å². The number of rotatable bonds is 2. The standard InChI is InChI=1S/C11H16NO.Nb/c1-8(13)9-6-5-7-10(9)12-11(2,3)4;/h5-8H,1-4H3;/q-1;+1. The molecule has 1 rings (SSSR count). The van der Waals surface area contributed by atoms with Crippen molar-refractivity contribution in [3.8, 4) is 0 Å². The van der Waals surface area contributed by atoms with Crippen LogP contribution in [0, 0.1) is 0 Å². The predicted molar refractivity (Wildman–Crippen MR) is 55.0 cm³/mol. The minimum absolute atomic E-state index is 0.0271. The summed E-state index contributed by atoms with van der Waals surface area (Å²) in [5.41, 5.74) is 2.21. The van der Waals surface area contributed by atoms with Gasteiger partial charge in [0.1, 0.15) is 0 Å². The van der Waals surface area contributed by atoms with Gasteiger partial charge in [-0.15, -0.1) is 0 Å². The number of nitrogens with zero attached hydrogens (tertiary/aromatic N) is 1. The van der Waals surface area contributed by atoms with Crippen LogP contribution in [0.2, 0.25) is 0 Å². The predicted octanol–water partition coefficient (Wildman–Crippen LogP) is 2.59. The molecule has 0 fully saturated rings. The van der Waals surface area contributed by atoms with Crippen LogP contribution in [0.5, 0.6) is 0 Å². The molecule has 0 saturated carbocycles. The average molecular weight is 271 g/mol. The first-order valence-electron chi connectivity index (χ1n) is 4.73. The maximum absolute atomic E-state index is 5.34. The van der Waals surface area contributed by atoms with Crippen molar-refractivity contribution >= 4 is 5.71 Å². The molecule has 0 aromatic carbocycles. The van der Waals surface area contributed by atoms with Crippen molar-refractivity contribution in [3.05, 3.63) is 23.8 Å². The van der Waals surface area contributed by atoms with E-state index in [9.17, 15) is 0 Å². The van der Waals surface area contributed by atoms with Gasteiger partial charge in [-0.3, -0.25) is 0 Å². The Bertz CT molecular complexity index is 297. The Morgan fingerprint density at radius 1 is 1.43 bits per heavy atom. The Kier molecular flexibility index (Phi) is 3.90. The molecule has 0 amide bonds. The second-order valence-electron chi connectivity index (χ2n) is 4.40. The van der Waals surface area contributed by atoms with Crippen LogP contribution in [0.3, 0.4) is 0 Å². The van der Waals surface area contributed by atoms with E-state index in [0.29, 0.717) is 0 Å². The topological polar surface area (TPSA) is 21.6 Å². The van der Waals surface area contributed by atoms with E-state index in [1.54, 1.807) is 0 Å². The molecule has 0 bridgehead atoms. The van der Waals surface area contributed by atoms with Gasteiger partial charge >= 0.3 is 98.6 Å². The maximum atomic E-state index is 5.34. The average Bonchev–Trinajstić information content (AvgIpc) is 2.48. The minimum atomic E-state index is -0.0271. The van der Waals surface area contributed by atoms with Gasteiger partial charge in [-0.25, -0.2) is 0 Å². The van der Waals surface area contributed by atoms with Gasteiger partial charge in [0.15, 0.2) is 0 Å².